The second-order valence-electron chi connectivity index (χ2n) is 5.71. The van der Waals surface area contributed by atoms with Gasteiger partial charge in [0.15, 0.2) is 0 Å². The van der Waals surface area contributed by atoms with Crippen LogP contribution in [0.3, 0.4) is 0 Å². The number of methoxy groups -OCH3 is 1. The van der Waals surface area contributed by atoms with E-state index in [1.807, 2.05) is 29.8 Å². The molecular formula is C17H22N2O2S. The highest BCUT2D eigenvalue weighted by Gasteiger charge is 2.21. The van der Waals surface area contributed by atoms with E-state index in [4.69, 9.17) is 9.47 Å². The zero-order chi connectivity index (χ0) is 15.2. The first-order valence-electron chi connectivity index (χ1n) is 7.70. The van der Waals surface area contributed by atoms with Gasteiger partial charge in [-0.05, 0) is 43.7 Å². The molecule has 1 fully saturated rings. The predicted molar refractivity (Wildman–Crippen MR) is 88.6 cm³/mol. The van der Waals surface area contributed by atoms with E-state index in [0.29, 0.717) is 5.92 Å². The van der Waals surface area contributed by atoms with Crippen LogP contribution in [0.1, 0.15) is 18.5 Å². The van der Waals surface area contributed by atoms with E-state index < -0.39 is 0 Å². The molecular weight excluding hydrogens is 296 g/mol. The predicted octanol–water partition coefficient (Wildman–Crippen LogP) is 3.44. The topological polar surface area (TPSA) is 34.6 Å². The van der Waals surface area contributed by atoms with Crippen LogP contribution in [0.4, 0.5) is 0 Å². The Morgan fingerprint density at radius 3 is 2.82 bits per heavy atom. The molecule has 118 valence electrons. The third-order valence-corrected chi connectivity index (χ3v) is 4.65. The highest BCUT2D eigenvalue weighted by atomic mass is 32.1. The minimum Gasteiger partial charge on any atom is -0.497 e. The maximum atomic E-state index is 5.93. The number of thiazole rings is 1. The highest BCUT2D eigenvalue weighted by Crippen LogP contribution is 2.22. The first-order valence-corrected chi connectivity index (χ1v) is 8.64. The zero-order valence-corrected chi connectivity index (χ0v) is 13.7. The summed E-state index contributed by atoms with van der Waals surface area (Å²) in [6.45, 7) is 3.99. The Kier molecular flexibility index (Phi) is 5.29. The molecule has 0 bridgehead atoms. The summed E-state index contributed by atoms with van der Waals surface area (Å²) in [7, 11) is 1.68. The quantitative estimate of drug-likeness (QED) is 0.817. The minimum atomic E-state index is 0.592. The van der Waals surface area contributed by atoms with Crippen molar-refractivity contribution in [2.75, 3.05) is 26.8 Å². The van der Waals surface area contributed by atoms with Gasteiger partial charge in [0.1, 0.15) is 11.5 Å². The zero-order valence-electron chi connectivity index (χ0n) is 12.9. The second-order valence-corrected chi connectivity index (χ2v) is 6.43. The Hall–Kier alpha value is -1.59. The fourth-order valence-electron chi connectivity index (χ4n) is 2.86. The van der Waals surface area contributed by atoms with Crippen molar-refractivity contribution in [3.05, 3.63) is 40.8 Å². The number of rotatable bonds is 6. The van der Waals surface area contributed by atoms with Crippen LogP contribution >= 0.6 is 11.3 Å². The molecule has 4 nitrogen and oxygen atoms in total. The number of nitrogens with zero attached hydrogens (tertiary/aromatic N) is 2. The number of hydrogen-bond donors (Lipinski definition) is 0. The van der Waals surface area contributed by atoms with Crippen LogP contribution < -0.4 is 9.47 Å². The smallest absolute Gasteiger partial charge is 0.119 e. The van der Waals surface area contributed by atoms with Crippen molar-refractivity contribution < 1.29 is 9.47 Å². The summed E-state index contributed by atoms with van der Waals surface area (Å²) in [6, 6.07) is 7.80. The number of aromatic nitrogens is 1. The van der Waals surface area contributed by atoms with Gasteiger partial charge in [-0.2, -0.15) is 0 Å². The molecule has 1 aliphatic heterocycles. The van der Waals surface area contributed by atoms with Gasteiger partial charge >= 0.3 is 0 Å². The van der Waals surface area contributed by atoms with Crippen molar-refractivity contribution >= 4 is 11.3 Å². The Morgan fingerprint density at radius 1 is 1.27 bits per heavy atom. The van der Waals surface area contributed by atoms with E-state index in [1.54, 1.807) is 18.4 Å². The van der Waals surface area contributed by atoms with E-state index in [9.17, 15) is 0 Å². The van der Waals surface area contributed by atoms with Crippen LogP contribution in [0.2, 0.25) is 0 Å². The lowest BCUT2D eigenvalue weighted by Gasteiger charge is -2.32. The van der Waals surface area contributed by atoms with E-state index in [-0.39, 0.29) is 0 Å². The van der Waals surface area contributed by atoms with Gasteiger partial charge in [0.05, 0.1) is 24.9 Å². The Balaban J connectivity index is 1.47. The van der Waals surface area contributed by atoms with Crippen molar-refractivity contribution in [3.8, 4) is 11.5 Å². The molecule has 0 amide bonds. The molecule has 1 aromatic carbocycles. The van der Waals surface area contributed by atoms with E-state index >= 15 is 0 Å². The largest absolute Gasteiger partial charge is 0.497 e. The Labute approximate surface area is 135 Å². The monoisotopic (exact) mass is 318 g/mol. The second kappa shape index (κ2) is 7.61. The van der Waals surface area contributed by atoms with Crippen LogP contribution in [0.25, 0.3) is 0 Å². The fraction of sp³-hybridized carbons (Fsp3) is 0.471. The third-order valence-electron chi connectivity index (χ3n) is 4.02. The molecule has 1 saturated heterocycles. The van der Waals surface area contributed by atoms with Crippen molar-refractivity contribution in [2.24, 2.45) is 5.92 Å². The number of benzene rings is 1. The SMILES string of the molecule is COc1ccc(OC[C@H]2CCCN(Cc3cscn3)C2)cc1. The summed E-state index contributed by atoms with van der Waals surface area (Å²) in [5.74, 6) is 2.37. The van der Waals surface area contributed by atoms with Crippen LogP contribution in [0, 0.1) is 5.92 Å². The Bertz CT molecular complexity index is 557. The average molecular weight is 318 g/mol. The van der Waals surface area contributed by atoms with Crippen LogP contribution in [0.15, 0.2) is 35.2 Å². The first kappa shape index (κ1) is 15.3. The normalized spacial score (nSPS) is 19.0. The van der Waals surface area contributed by atoms with E-state index in [1.165, 1.54) is 18.5 Å². The number of hydrogen-bond acceptors (Lipinski definition) is 5. The summed E-state index contributed by atoms with van der Waals surface area (Å²) in [4.78, 5) is 6.87. The minimum absolute atomic E-state index is 0.592. The highest BCUT2D eigenvalue weighted by molar-refractivity contribution is 7.07. The van der Waals surface area contributed by atoms with Gasteiger partial charge in [-0.3, -0.25) is 4.90 Å². The lowest BCUT2D eigenvalue weighted by molar-refractivity contribution is 0.124. The molecule has 2 heterocycles. The third kappa shape index (κ3) is 4.21. The molecule has 0 spiro atoms. The van der Waals surface area contributed by atoms with Gasteiger partial charge in [0.25, 0.3) is 0 Å². The molecule has 0 N–H and O–H groups in total. The van der Waals surface area contributed by atoms with Gasteiger partial charge in [-0.25, -0.2) is 4.98 Å². The van der Waals surface area contributed by atoms with Crippen molar-refractivity contribution in [2.45, 2.75) is 19.4 Å². The van der Waals surface area contributed by atoms with E-state index in [0.717, 1.165) is 37.7 Å². The van der Waals surface area contributed by atoms with Gasteiger partial charge in [-0.15, -0.1) is 11.3 Å². The van der Waals surface area contributed by atoms with E-state index in [2.05, 4.69) is 15.3 Å². The van der Waals surface area contributed by atoms with Gasteiger partial charge in [0, 0.05) is 24.4 Å². The number of likely N-dealkylation sites (tertiary alicyclic amines) is 1. The summed E-state index contributed by atoms with van der Waals surface area (Å²) in [5, 5.41) is 2.14. The summed E-state index contributed by atoms with van der Waals surface area (Å²) in [6.07, 6.45) is 2.48. The summed E-state index contributed by atoms with van der Waals surface area (Å²) in [5.41, 5.74) is 3.09. The molecule has 0 saturated carbocycles. The fourth-order valence-corrected chi connectivity index (χ4v) is 3.41. The number of ether oxygens (including phenoxy) is 2. The van der Waals surface area contributed by atoms with Gasteiger partial charge < -0.3 is 9.47 Å². The molecule has 0 aliphatic carbocycles. The Morgan fingerprint density at radius 2 is 2.09 bits per heavy atom. The van der Waals surface area contributed by atoms with Crippen molar-refractivity contribution in [3.63, 3.8) is 0 Å². The first-order chi connectivity index (χ1) is 10.8. The lowest BCUT2D eigenvalue weighted by Crippen LogP contribution is -2.37. The molecule has 2 aromatic rings. The average Bonchev–Trinajstić information content (AvgIpc) is 3.07. The lowest BCUT2D eigenvalue weighted by atomic mass is 9.99. The molecule has 1 aliphatic rings. The molecule has 0 radical (unpaired) electrons. The summed E-state index contributed by atoms with van der Waals surface area (Å²) >= 11 is 1.67. The van der Waals surface area contributed by atoms with Crippen LogP contribution in [-0.4, -0.2) is 36.7 Å². The van der Waals surface area contributed by atoms with Gasteiger partial charge in [0.2, 0.25) is 0 Å². The molecule has 22 heavy (non-hydrogen) atoms. The maximum absolute atomic E-state index is 5.93. The van der Waals surface area contributed by atoms with Crippen molar-refractivity contribution in [1.82, 2.24) is 9.88 Å². The molecule has 1 aromatic heterocycles. The number of piperidine rings is 1. The molecule has 5 heteroatoms. The molecule has 3 rings (SSSR count). The van der Waals surface area contributed by atoms with Crippen LogP contribution in [0.5, 0.6) is 11.5 Å². The summed E-state index contributed by atoms with van der Waals surface area (Å²) < 4.78 is 11.1. The molecule has 0 unspecified atom stereocenters. The van der Waals surface area contributed by atoms with Gasteiger partial charge in [-0.1, -0.05) is 0 Å². The van der Waals surface area contributed by atoms with Crippen LogP contribution in [-0.2, 0) is 6.54 Å². The molecule has 1 atom stereocenters. The van der Waals surface area contributed by atoms with Crippen molar-refractivity contribution in [1.29, 1.82) is 0 Å². The maximum Gasteiger partial charge on any atom is 0.119 e. The standard InChI is InChI=1S/C17H22N2O2S/c1-20-16-4-6-17(7-5-16)21-11-14-3-2-8-19(9-14)10-15-12-22-13-18-15/h4-7,12-14H,2-3,8-11H2,1H3/t14-/m0/s1.